The van der Waals surface area contributed by atoms with E-state index < -0.39 is 31.0 Å². The molecule has 0 radical (unpaired) electrons. The van der Waals surface area contributed by atoms with Gasteiger partial charge in [0.15, 0.2) is 0 Å². The summed E-state index contributed by atoms with van der Waals surface area (Å²) in [5.74, 6) is -0.00503. The highest BCUT2D eigenvalue weighted by Crippen LogP contribution is 2.30. The smallest absolute Gasteiger partial charge is 0.258 e. The Morgan fingerprint density at radius 1 is 1.27 bits per heavy atom. The molecule has 0 unspecified atom stereocenters. The maximum atomic E-state index is 12.5. The summed E-state index contributed by atoms with van der Waals surface area (Å²) in [6.07, 6.45) is 0.639. The van der Waals surface area contributed by atoms with Crippen LogP contribution in [0.15, 0.2) is 17.0 Å². The molecule has 146 valence electrons. The molecule has 1 aliphatic rings. The first kappa shape index (κ1) is 21.0. The van der Waals surface area contributed by atoms with Crippen LogP contribution in [0.1, 0.15) is 25.3 Å². The monoisotopic (exact) mass is 425 g/mol. The number of benzene rings is 1. The summed E-state index contributed by atoms with van der Waals surface area (Å²) in [5, 5.41) is 11.1. The van der Waals surface area contributed by atoms with Crippen LogP contribution in [0.4, 0.5) is 5.69 Å². The first-order valence-corrected chi connectivity index (χ1v) is 11.4. The molecule has 9 nitrogen and oxygen atoms in total. The van der Waals surface area contributed by atoms with Crippen molar-refractivity contribution in [3.8, 4) is 0 Å². The predicted molar refractivity (Wildman–Crippen MR) is 97.2 cm³/mol. The van der Waals surface area contributed by atoms with Crippen LogP contribution in [0.2, 0.25) is 5.02 Å². The lowest BCUT2D eigenvalue weighted by Crippen LogP contribution is -2.46. The Morgan fingerprint density at radius 3 is 2.35 bits per heavy atom. The van der Waals surface area contributed by atoms with Gasteiger partial charge in [-0.25, -0.2) is 25.9 Å². The molecule has 26 heavy (non-hydrogen) atoms. The molecule has 1 fully saturated rings. The first-order valence-electron chi connectivity index (χ1n) is 7.92. The zero-order chi connectivity index (χ0) is 19.7. The van der Waals surface area contributed by atoms with Crippen LogP contribution in [-0.2, 0) is 20.0 Å². The molecule has 1 N–H and O–H groups in total. The molecule has 1 aliphatic heterocycles. The van der Waals surface area contributed by atoms with E-state index in [4.69, 9.17) is 11.6 Å². The lowest BCUT2D eigenvalue weighted by molar-refractivity contribution is -0.385. The van der Waals surface area contributed by atoms with Crippen LogP contribution in [0.3, 0.4) is 0 Å². The third kappa shape index (κ3) is 4.52. The molecule has 0 amide bonds. The largest absolute Gasteiger partial charge is 0.275 e. The Kier molecular flexibility index (Phi) is 6.28. The van der Waals surface area contributed by atoms with Crippen molar-refractivity contribution in [2.45, 2.75) is 37.6 Å². The van der Waals surface area contributed by atoms with Crippen molar-refractivity contribution in [3.63, 3.8) is 0 Å². The van der Waals surface area contributed by atoms with Crippen molar-refractivity contribution < 1.29 is 21.8 Å². The molecule has 1 aromatic carbocycles. The van der Waals surface area contributed by atoms with E-state index in [1.807, 2.05) is 0 Å². The Hall–Kier alpha value is -1.27. The van der Waals surface area contributed by atoms with Crippen LogP contribution < -0.4 is 4.72 Å². The van der Waals surface area contributed by atoms with Crippen LogP contribution >= 0.6 is 11.6 Å². The van der Waals surface area contributed by atoms with Crippen molar-refractivity contribution >= 4 is 37.3 Å². The minimum atomic E-state index is -4.02. The molecule has 1 saturated heterocycles. The maximum absolute atomic E-state index is 12.5. The molecule has 0 atom stereocenters. The highest BCUT2D eigenvalue weighted by Gasteiger charge is 2.30. The summed E-state index contributed by atoms with van der Waals surface area (Å²) in [7, 11) is -7.32. The molecule has 0 saturated carbocycles. The van der Waals surface area contributed by atoms with Crippen molar-refractivity contribution in [3.05, 3.63) is 32.8 Å². The number of piperidine rings is 1. The van der Waals surface area contributed by atoms with Crippen LogP contribution in [0.5, 0.6) is 0 Å². The van der Waals surface area contributed by atoms with Crippen molar-refractivity contribution in [2.24, 2.45) is 0 Å². The highest BCUT2D eigenvalue weighted by atomic mass is 35.5. The van der Waals surface area contributed by atoms with E-state index in [0.29, 0.717) is 12.8 Å². The lowest BCUT2D eigenvalue weighted by Gasteiger charge is -2.31. The predicted octanol–water partition coefficient (Wildman–Crippen LogP) is 1.65. The fourth-order valence-electron chi connectivity index (χ4n) is 2.71. The average Bonchev–Trinajstić information content (AvgIpc) is 2.56. The number of nitrogens with zero attached hydrogens (tertiary/aromatic N) is 2. The second kappa shape index (κ2) is 7.77. The van der Waals surface area contributed by atoms with Gasteiger partial charge >= 0.3 is 0 Å². The maximum Gasteiger partial charge on any atom is 0.275 e. The number of hydrogen-bond donors (Lipinski definition) is 1. The van der Waals surface area contributed by atoms with Gasteiger partial charge in [-0.2, -0.15) is 0 Å². The van der Waals surface area contributed by atoms with Gasteiger partial charge in [0.25, 0.3) is 5.69 Å². The molecule has 0 spiro atoms. The second-order valence-electron chi connectivity index (χ2n) is 6.00. The Labute approximate surface area is 157 Å². The standard InChI is InChI=1S/C14H20ClN3O6S2/c1-3-25(21,22)17-6-4-11(5-7-17)16-26(23,24)12-8-13(15)10(2)14(9-12)18(19)20/h8-9,11,16H,3-7H2,1-2H3. The minimum Gasteiger partial charge on any atom is -0.258 e. The van der Waals surface area contributed by atoms with Gasteiger partial charge in [-0.3, -0.25) is 10.1 Å². The number of nitro groups is 1. The summed E-state index contributed by atoms with van der Waals surface area (Å²) < 4.78 is 52.6. The van der Waals surface area contributed by atoms with Crippen LogP contribution in [0, 0.1) is 17.0 Å². The third-order valence-corrected chi connectivity index (χ3v) is 8.11. The summed E-state index contributed by atoms with van der Waals surface area (Å²) in [6.45, 7) is 3.43. The number of nitro benzene ring substituents is 1. The van der Waals surface area contributed by atoms with Crippen LogP contribution in [-0.4, -0.2) is 50.9 Å². The molecular weight excluding hydrogens is 406 g/mol. The van der Waals surface area contributed by atoms with E-state index >= 15 is 0 Å². The SMILES string of the molecule is CCS(=O)(=O)N1CCC(NS(=O)(=O)c2cc(Cl)c(C)c([N+](=O)[O-])c2)CC1. The normalized spacial score (nSPS) is 17.3. The van der Waals surface area contributed by atoms with Gasteiger partial charge in [0.05, 0.1) is 20.6 Å². The quantitative estimate of drug-likeness (QED) is 0.545. The van der Waals surface area contributed by atoms with Gasteiger partial charge in [-0.1, -0.05) is 11.6 Å². The molecule has 0 aromatic heterocycles. The van der Waals surface area contributed by atoms with Gasteiger partial charge in [-0.05, 0) is 32.8 Å². The lowest BCUT2D eigenvalue weighted by atomic mass is 10.1. The van der Waals surface area contributed by atoms with Crippen molar-refractivity contribution in [1.29, 1.82) is 0 Å². The van der Waals surface area contributed by atoms with Gasteiger partial charge in [0, 0.05) is 30.8 Å². The summed E-state index contributed by atoms with van der Waals surface area (Å²) in [4.78, 5) is 10.1. The van der Waals surface area contributed by atoms with Crippen molar-refractivity contribution in [2.75, 3.05) is 18.8 Å². The molecule has 1 heterocycles. The third-order valence-electron chi connectivity index (χ3n) is 4.33. The minimum absolute atomic E-state index is 0.00503. The van der Waals surface area contributed by atoms with E-state index in [1.54, 1.807) is 6.92 Å². The number of sulfonamides is 2. The number of halogens is 1. The summed E-state index contributed by atoms with van der Waals surface area (Å²) in [6, 6.07) is 1.69. The highest BCUT2D eigenvalue weighted by molar-refractivity contribution is 7.89. The molecule has 0 aliphatic carbocycles. The Balaban J connectivity index is 2.17. The number of nitrogens with one attached hydrogen (secondary N) is 1. The zero-order valence-electron chi connectivity index (χ0n) is 14.3. The van der Waals surface area contributed by atoms with Gasteiger partial charge in [-0.15, -0.1) is 0 Å². The van der Waals surface area contributed by atoms with Gasteiger partial charge in [0.2, 0.25) is 20.0 Å². The summed E-state index contributed by atoms with van der Waals surface area (Å²) in [5.41, 5.74) is -0.185. The fourth-order valence-corrected chi connectivity index (χ4v) is 5.47. The zero-order valence-corrected chi connectivity index (χ0v) is 16.7. The van der Waals surface area contributed by atoms with E-state index in [1.165, 1.54) is 17.3 Å². The van der Waals surface area contributed by atoms with Crippen molar-refractivity contribution in [1.82, 2.24) is 9.03 Å². The Bertz CT molecular complexity index is 909. The molecule has 2 rings (SSSR count). The topological polar surface area (TPSA) is 127 Å². The molecular formula is C14H20ClN3O6S2. The number of rotatable bonds is 6. The first-order chi connectivity index (χ1) is 12.0. The summed E-state index contributed by atoms with van der Waals surface area (Å²) >= 11 is 5.93. The Morgan fingerprint density at radius 2 is 1.85 bits per heavy atom. The molecule has 12 heteroatoms. The van der Waals surface area contributed by atoms with Crippen LogP contribution in [0.25, 0.3) is 0 Å². The fraction of sp³-hybridized carbons (Fsp3) is 0.571. The van der Waals surface area contributed by atoms with E-state index in [9.17, 15) is 26.9 Å². The average molecular weight is 426 g/mol. The molecule has 0 bridgehead atoms. The number of hydrogen-bond acceptors (Lipinski definition) is 6. The molecule has 1 aromatic rings. The van der Waals surface area contributed by atoms with E-state index in [0.717, 1.165) is 6.07 Å². The van der Waals surface area contributed by atoms with Gasteiger partial charge in [0.1, 0.15) is 0 Å². The second-order valence-corrected chi connectivity index (χ2v) is 10.4. The van der Waals surface area contributed by atoms with E-state index in [2.05, 4.69) is 4.72 Å². The van der Waals surface area contributed by atoms with Gasteiger partial charge < -0.3 is 0 Å². The van der Waals surface area contributed by atoms with E-state index in [-0.39, 0.29) is 40.0 Å².